The Labute approximate surface area is 118 Å². The van der Waals surface area contributed by atoms with Crippen LogP contribution in [0.2, 0.25) is 0 Å². The summed E-state index contributed by atoms with van der Waals surface area (Å²) in [6, 6.07) is 0.543. The van der Waals surface area contributed by atoms with Gasteiger partial charge in [0.15, 0.2) is 0 Å². The molecule has 1 aliphatic carbocycles. The normalized spacial score (nSPS) is 24.3. The minimum absolute atomic E-state index is 0.390. The molecule has 0 radical (unpaired) electrons. The molecule has 1 N–H and O–H groups in total. The standard InChI is InChI=1S/C15H31NO3/c1-3-16-14-8-5-4-6-9-15(14)19-11-7-10-18-13-12-17-2/h14-16H,3-13H2,1-2H3. The van der Waals surface area contributed by atoms with Crippen molar-refractivity contribution in [3.05, 3.63) is 0 Å². The minimum Gasteiger partial charge on any atom is -0.382 e. The monoisotopic (exact) mass is 273 g/mol. The van der Waals surface area contributed by atoms with Crippen LogP contribution in [0.1, 0.15) is 45.4 Å². The van der Waals surface area contributed by atoms with Crippen molar-refractivity contribution >= 4 is 0 Å². The third-order valence-corrected chi connectivity index (χ3v) is 3.62. The fourth-order valence-electron chi connectivity index (χ4n) is 2.61. The van der Waals surface area contributed by atoms with Crippen molar-refractivity contribution < 1.29 is 14.2 Å². The first-order valence-corrected chi connectivity index (χ1v) is 7.80. The van der Waals surface area contributed by atoms with Gasteiger partial charge in [-0.15, -0.1) is 0 Å². The third kappa shape index (κ3) is 7.88. The Balaban J connectivity index is 2.10. The molecule has 1 aliphatic rings. The molecular weight excluding hydrogens is 242 g/mol. The number of nitrogens with one attached hydrogen (secondary N) is 1. The fourth-order valence-corrected chi connectivity index (χ4v) is 2.61. The van der Waals surface area contributed by atoms with E-state index in [0.29, 0.717) is 25.4 Å². The highest BCUT2D eigenvalue weighted by Gasteiger charge is 2.23. The molecular formula is C15H31NO3. The van der Waals surface area contributed by atoms with Crippen molar-refractivity contribution in [1.82, 2.24) is 5.32 Å². The smallest absolute Gasteiger partial charge is 0.0728 e. The summed E-state index contributed by atoms with van der Waals surface area (Å²) in [5.74, 6) is 0. The molecule has 0 aromatic carbocycles. The molecule has 0 heterocycles. The number of likely N-dealkylation sites (N-methyl/N-ethyl adjacent to an activating group) is 1. The number of hydrogen-bond donors (Lipinski definition) is 1. The van der Waals surface area contributed by atoms with E-state index in [0.717, 1.165) is 26.2 Å². The predicted octanol–water partition coefficient (Wildman–Crippen LogP) is 2.37. The number of ether oxygens (including phenoxy) is 3. The summed E-state index contributed by atoms with van der Waals surface area (Å²) in [6.07, 6.45) is 7.79. The topological polar surface area (TPSA) is 39.7 Å². The van der Waals surface area contributed by atoms with E-state index in [-0.39, 0.29) is 0 Å². The van der Waals surface area contributed by atoms with Crippen LogP contribution in [0, 0.1) is 0 Å². The van der Waals surface area contributed by atoms with E-state index >= 15 is 0 Å². The average Bonchev–Trinajstić information content (AvgIpc) is 2.64. The van der Waals surface area contributed by atoms with Crippen LogP contribution in [0.5, 0.6) is 0 Å². The molecule has 0 spiro atoms. The Morgan fingerprint density at radius 3 is 2.63 bits per heavy atom. The van der Waals surface area contributed by atoms with Gasteiger partial charge in [-0.2, -0.15) is 0 Å². The lowest BCUT2D eigenvalue weighted by Gasteiger charge is -2.26. The minimum atomic E-state index is 0.390. The Morgan fingerprint density at radius 1 is 1.00 bits per heavy atom. The second kappa shape index (κ2) is 11.6. The number of rotatable bonds is 10. The largest absolute Gasteiger partial charge is 0.382 e. The molecule has 0 bridgehead atoms. The molecule has 0 aromatic heterocycles. The first-order chi connectivity index (χ1) is 9.38. The third-order valence-electron chi connectivity index (χ3n) is 3.62. The second-order valence-electron chi connectivity index (χ2n) is 5.17. The van der Waals surface area contributed by atoms with E-state index in [9.17, 15) is 0 Å². The zero-order chi connectivity index (χ0) is 13.8. The van der Waals surface area contributed by atoms with Gasteiger partial charge in [0, 0.05) is 26.4 Å². The van der Waals surface area contributed by atoms with Crippen LogP contribution < -0.4 is 5.32 Å². The molecule has 0 saturated heterocycles. The van der Waals surface area contributed by atoms with Crippen LogP contribution in [0.15, 0.2) is 0 Å². The molecule has 2 atom stereocenters. The van der Waals surface area contributed by atoms with Gasteiger partial charge in [0.05, 0.1) is 19.3 Å². The van der Waals surface area contributed by atoms with Gasteiger partial charge >= 0.3 is 0 Å². The van der Waals surface area contributed by atoms with Crippen LogP contribution in [0.4, 0.5) is 0 Å². The Hall–Kier alpha value is -0.160. The van der Waals surface area contributed by atoms with Gasteiger partial charge in [-0.3, -0.25) is 0 Å². The van der Waals surface area contributed by atoms with E-state index in [2.05, 4.69) is 12.2 Å². The van der Waals surface area contributed by atoms with E-state index in [1.165, 1.54) is 32.1 Å². The summed E-state index contributed by atoms with van der Waals surface area (Å²) in [4.78, 5) is 0. The van der Waals surface area contributed by atoms with Crippen molar-refractivity contribution in [2.45, 2.75) is 57.6 Å². The molecule has 114 valence electrons. The summed E-state index contributed by atoms with van der Waals surface area (Å²) in [5, 5.41) is 3.57. The van der Waals surface area contributed by atoms with Crippen LogP contribution in [0.25, 0.3) is 0 Å². The summed E-state index contributed by atoms with van der Waals surface area (Å²) >= 11 is 0. The average molecular weight is 273 g/mol. The first kappa shape index (κ1) is 16.9. The van der Waals surface area contributed by atoms with Gasteiger partial charge in [-0.25, -0.2) is 0 Å². The maximum Gasteiger partial charge on any atom is 0.0728 e. The first-order valence-electron chi connectivity index (χ1n) is 7.80. The van der Waals surface area contributed by atoms with Gasteiger partial charge in [0.2, 0.25) is 0 Å². The van der Waals surface area contributed by atoms with Gasteiger partial charge in [-0.1, -0.05) is 26.2 Å². The molecule has 2 unspecified atom stereocenters. The number of hydrogen-bond acceptors (Lipinski definition) is 4. The van der Waals surface area contributed by atoms with Gasteiger partial charge in [0.25, 0.3) is 0 Å². The van der Waals surface area contributed by atoms with Crippen LogP contribution in [-0.2, 0) is 14.2 Å². The van der Waals surface area contributed by atoms with E-state index < -0.39 is 0 Å². The molecule has 19 heavy (non-hydrogen) atoms. The SMILES string of the molecule is CCNC1CCCCCC1OCCCOCCOC. The molecule has 0 aromatic rings. The molecule has 0 aliphatic heterocycles. The summed E-state index contributed by atoms with van der Waals surface area (Å²) < 4.78 is 16.4. The van der Waals surface area contributed by atoms with Crippen molar-refractivity contribution in [3.63, 3.8) is 0 Å². The lowest BCUT2D eigenvalue weighted by atomic mass is 10.1. The zero-order valence-corrected chi connectivity index (χ0v) is 12.7. The summed E-state index contributed by atoms with van der Waals surface area (Å²) in [5.41, 5.74) is 0. The van der Waals surface area contributed by atoms with Crippen LogP contribution in [-0.4, -0.2) is 52.2 Å². The maximum absolute atomic E-state index is 6.06. The van der Waals surface area contributed by atoms with Crippen molar-refractivity contribution in [2.75, 3.05) is 40.1 Å². The Bertz CT molecular complexity index is 202. The second-order valence-corrected chi connectivity index (χ2v) is 5.17. The van der Waals surface area contributed by atoms with Gasteiger partial charge < -0.3 is 19.5 Å². The Kier molecular flexibility index (Phi) is 10.4. The molecule has 1 saturated carbocycles. The fraction of sp³-hybridized carbons (Fsp3) is 1.00. The molecule has 1 fully saturated rings. The summed E-state index contributed by atoms with van der Waals surface area (Å²) in [7, 11) is 1.69. The van der Waals surface area contributed by atoms with Crippen LogP contribution in [0.3, 0.4) is 0 Å². The summed E-state index contributed by atoms with van der Waals surface area (Å²) in [6.45, 7) is 6.13. The van der Waals surface area contributed by atoms with E-state index in [4.69, 9.17) is 14.2 Å². The lowest BCUT2D eigenvalue weighted by Crippen LogP contribution is -2.40. The van der Waals surface area contributed by atoms with Gasteiger partial charge in [-0.05, 0) is 25.8 Å². The highest BCUT2D eigenvalue weighted by molar-refractivity contribution is 4.79. The highest BCUT2D eigenvalue weighted by atomic mass is 16.5. The van der Waals surface area contributed by atoms with E-state index in [1.54, 1.807) is 7.11 Å². The molecule has 4 nitrogen and oxygen atoms in total. The Morgan fingerprint density at radius 2 is 1.84 bits per heavy atom. The van der Waals surface area contributed by atoms with Gasteiger partial charge in [0.1, 0.15) is 0 Å². The zero-order valence-electron chi connectivity index (χ0n) is 12.7. The highest BCUT2D eigenvalue weighted by Crippen LogP contribution is 2.20. The van der Waals surface area contributed by atoms with Crippen molar-refractivity contribution in [1.29, 1.82) is 0 Å². The molecule has 4 heteroatoms. The molecule has 1 rings (SSSR count). The lowest BCUT2D eigenvalue weighted by molar-refractivity contribution is 0.00421. The van der Waals surface area contributed by atoms with Crippen molar-refractivity contribution in [3.8, 4) is 0 Å². The van der Waals surface area contributed by atoms with Crippen molar-refractivity contribution in [2.24, 2.45) is 0 Å². The predicted molar refractivity (Wildman–Crippen MR) is 77.6 cm³/mol. The molecule has 0 amide bonds. The maximum atomic E-state index is 6.06. The van der Waals surface area contributed by atoms with E-state index in [1.807, 2.05) is 0 Å². The number of methoxy groups -OCH3 is 1. The quantitative estimate of drug-likeness (QED) is 0.490. The van der Waals surface area contributed by atoms with Crippen LogP contribution >= 0.6 is 0 Å².